The van der Waals surface area contributed by atoms with Crippen LogP contribution in [-0.4, -0.2) is 26.0 Å². The number of nitrogens with zero attached hydrogens (tertiary/aromatic N) is 3. The largest absolute Gasteiger partial charge is 0.475 e. The number of fused-ring (bicyclic) bond motifs is 1. The predicted octanol–water partition coefficient (Wildman–Crippen LogP) is 3.44. The van der Waals surface area contributed by atoms with Gasteiger partial charge in [0.15, 0.2) is 0 Å². The lowest BCUT2D eigenvalue weighted by Gasteiger charge is -2.02. The zero-order valence-corrected chi connectivity index (χ0v) is 12.6. The van der Waals surface area contributed by atoms with Crippen LogP contribution < -0.4 is 0 Å². The summed E-state index contributed by atoms with van der Waals surface area (Å²) in [6.07, 6.45) is 2.01. The van der Waals surface area contributed by atoms with Gasteiger partial charge >= 0.3 is 5.97 Å². The smallest absolute Gasteiger partial charge is 0.374 e. The average molecular weight is 319 g/mol. The lowest BCUT2D eigenvalue weighted by Crippen LogP contribution is -1.99. The van der Waals surface area contributed by atoms with Gasteiger partial charge in [-0.1, -0.05) is 47.6 Å². The zero-order valence-electron chi connectivity index (χ0n) is 12.6. The molecule has 0 aliphatic heterocycles. The standard InChI is InChI=1S/C18H13N3O3/c22-18(23)17-9-16(20-24-17)13-7-5-12(6-8-13)10-21-11-14-3-1-2-4-15(14)19-21/h1-9,11H,10H2,(H,22,23). The number of aromatic carboxylic acids is 1. The highest BCUT2D eigenvalue weighted by atomic mass is 16.5. The van der Waals surface area contributed by atoms with Crippen molar-refractivity contribution in [2.45, 2.75) is 6.54 Å². The van der Waals surface area contributed by atoms with Gasteiger partial charge in [-0.2, -0.15) is 5.10 Å². The summed E-state index contributed by atoms with van der Waals surface area (Å²) in [5, 5.41) is 18.3. The number of rotatable bonds is 4. The average Bonchev–Trinajstić information content (AvgIpc) is 3.22. The second-order valence-corrected chi connectivity index (χ2v) is 5.46. The Labute approximate surface area is 136 Å². The van der Waals surface area contributed by atoms with E-state index in [-0.39, 0.29) is 5.76 Å². The third kappa shape index (κ3) is 2.65. The van der Waals surface area contributed by atoms with Gasteiger partial charge < -0.3 is 9.63 Å². The van der Waals surface area contributed by atoms with E-state index in [9.17, 15) is 4.79 Å². The monoisotopic (exact) mass is 319 g/mol. The van der Waals surface area contributed by atoms with Crippen LogP contribution in [-0.2, 0) is 6.54 Å². The Balaban J connectivity index is 1.55. The maximum absolute atomic E-state index is 10.8. The number of carboxylic acids is 1. The quantitative estimate of drug-likeness (QED) is 0.623. The number of hydrogen-bond acceptors (Lipinski definition) is 4. The van der Waals surface area contributed by atoms with Crippen LogP contribution in [0.2, 0.25) is 0 Å². The van der Waals surface area contributed by atoms with Crippen molar-refractivity contribution in [2.75, 3.05) is 0 Å². The van der Waals surface area contributed by atoms with Crippen LogP contribution in [0.4, 0.5) is 0 Å². The first-order chi connectivity index (χ1) is 11.7. The second-order valence-electron chi connectivity index (χ2n) is 5.46. The van der Waals surface area contributed by atoms with Gasteiger partial charge in [-0.3, -0.25) is 4.68 Å². The van der Waals surface area contributed by atoms with Crippen molar-refractivity contribution in [1.29, 1.82) is 0 Å². The third-order valence-corrected chi connectivity index (χ3v) is 3.78. The lowest BCUT2D eigenvalue weighted by molar-refractivity contribution is 0.0652. The van der Waals surface area contributed by atoms with Crippen LogP contribution in [0.5, 0.6) is 0 Å². The fourth-order valence-corrected chi connectivity index (χ4v) is 2.58. The minimum absolute atomic E-state index is 0.169. The van der Waals surface area contributed by atoms with E-state index in [4.69, 9.17) is 9.63 Å². The molecule has 0 unspecified atom stereocenters. The van der Waals surface area contributed by atoms with Crippen molar-refractivity contribution in [3.05, 3.63) is 72.1 Å². The van der Waals surface area contributed by atoms with Crippen molar-refractivity contribution in [3.8, 4) is 11.3 Å². The minimum Gasteiger partial charge on any atom is -0.475 e. The summed E-state index contributed by atoms with van der Waals surface area (Å²) in [5.41, 5.74) is 3.37. The molecule has 0 fully saturated rings. The van der Waals surface area contributed by atoms with E-state index in [2.05, 4.69) is 10.3 Å². The molecule has 1 N–H and O–H groups in total. The SMILES string of the molecule is O=C(O)c1cc(-c2ccc(Cn3cc4ccccc4n3)cc2)no1. The molecular weight excluding hydrogens is 306 g/mol. The number of aromatic nitrogens is 3. The first-order valence-corrected chi connectivity index (χ1v) is 7.40. The van der Waals surface area contributed by atoms with Gasteiger partial charge in [-0.05, 0) is 11.6 Å². The van der Waals surface area contributed by atoms with E-state index in [0.717, 1.165) is 22.0 Å². The number of hydrogen-bond donors (Lipinski definition) is 1. The molecule has 2 aromatic carbocycles. The van der Waals surface area contributed by atoms with Crippen LogP contribution in [0.3, 0.4) is 0 Å². The minimum atomic E-state index is -1.13. The molecule has 0 amide bonds. The highest BCUT2D eigenvalue weighted by Gasteiger charge is 2.12. The van der Waals surface area contributed by atoms with Crippen molar-refractivity contribution < 1.29 is 14.4 Å². The summed E-state index contributed by atoms with van der Waals surface area (Å²) >= 11 is 0. The summed E-state index contributed by atoms with van der Waals surface area (Å²) in [6.45, 7) is 0.661. The van der Waals surface area contributed by atoms with Crippen molar-refractivity contribution >= 4 is 16.9 Å². The Morgan fingerprint density at radius 1 is 1.12 bits per heavy atom. The Hall–Kier alpha value is -3.41. The first kappa shape index (κ1) is 14.2. The molecule has 2 aromatic heterocycles. The fraction of sp³-hybridized carbons (Fsp3) is 0.0556. The maximum Gasteiger partial charge on any atom is 0.374 e. The maximum atomic E-state index is 10.8. The van der Waals surface area contributed by atoms with Crippen molar-refractivity contribution in [1.82, 2.24) is 14.9 Å². The van der Waals surface area contributed by atoms with Crippen LogP contribution >= 0.6 is 0 Å². The molecule has 0 saturated heterocycles. The molecule has 0 aliphatic carbocycles. The summed E-state index contributed by atoms with van der Waals surface area (Å²) in [6, 6.07) is 17.1. The Morgan fingerprint density at radius 2 is 1.92 bits per heavy atom. The van der Waals surface area contributed by atoms with E-state index in [0.29, 0.717) is 12.2 Å². The van der Waals surface area contributed by atoms with Gasteiger partial charge in [0.1, 0.15) is 5.69 Å². The molecule has 118 valence electrons. The van der Waals surface area contributed by atoms with Crippen molar-refractivity contribution in [2.24, 2.45) is 0 Å². The van der Waals surface area contributed by atoms with Crippen LogP contribution in [0.1, 0.15) is 16.1 Å². The van der Waals surface area contributed by atoms with Gasteiger partial charge in [0.2, 0.25) is 5.76 Å². The summed E-state index contributed by atoms with van der Waals surface area (Å²) in [7, 11) is 0. The van der Waals surface area contributed by atoms with E-state index in [1.807, 2.05) is 59.4 Å². The summed E-state index contributed by atoms with van der Waals surface area (Å²) in [4.78, 5) is 10.8. The number of carboxylic acid groups (broad SMARTS) is 1. The molecule has 4 rings (SSSR count). The molecule has 0 saturated carbocycles. The molecular formula is C18H13N3O3. The number of carbonyl (C=O) groups is 1. The van der Waals surface area contributed by atoms with Crippen LogP contribution in [0, 0.1) is 0 Å². The zero-order chi connectivity index (χ0) is 16.5. The fourth-order valence-electron chi connectivity index (χ4n) is 2.58. The number of benzene rings is 2. The second kappa shape index (κ2) is 5.66. The van der Waals surface area contributed by atoms with E-state index in [1.165, 1.54) is 6.07 Å². The predicted molar refractivity (Wildman–Crippen MR) is 87.7 cm³/mol. The molecule has 4 aromatic rings. The van der Waals surface area contributed by atoms with E-state index >= 15 is 0 Å². The highest BCUT2D eigenvalue weighted by molar-refractivity contribution is 5.85. The van der Waals surface area contributed by atoms with Gasteiger partial charge in [0.25, 0.3) is 0 Å². The molecule has 6 heteroatoms. The molecule has 0 aliphatic rings. The Bertz CT molecular complexity index is 982. The normalized spacial score (nSPS) is 11.0. The van der Waals surface area contributed by atoms with Crippen LogP contribution in [0.15, 0.2) is 65.3 Å². The van der Waals surface area contributed by atoms with Crippen molar-refractivity contribution in [3.63, 3.8) is 0 Å². The van der Waals surface area contributed by atoms with Gasteiger partial charge in [0, 0.05) is 23.2 Å². The highest BCUT2D eigenvalue weighted by Crippen LogP contribution is 2.20. The van der Waals surface area contributed by atoms with Crippen LogP contribution in [0.25, 0.3) is 22.2 Å². The Kier molecular flexibility index (Phi) is 3.35. The lowest BCUT2D eigenvalue weighted by atomic mass is 10.1. The van der Waals surface area contributed by atoms with E-state index in [1.54, 1.807) is 0 Å². The van der Waals surface area contributed by atoms with Gasteiger partial charge in [0.05, 0.1) is 12.1 Å². The molecule has 0 bridgehead atoms. The molecule has 2 heterocycles. The molecule has 24 heavy (non-hydrogen) atoms. The molecule has 0 spiro atoms. The molecule has 0 atom stereocenters. The topological polar surface area (TPSA) is 81.1 Å². The summed E-state index contributed by atoms with van der Waals surface area (Å²) in [5.74, 6) is -1.30. The molecule has 6 nitrogen and oxygen atoms in total. The summed E-state index contributed by atoms with van der Waals surface area (Å²) < 4.78 is 6.68. The van der Waals surface area contributed by atoms with E-state index < -0.39 is 5.97 Å². The Morgan fingerprint density at radius 3 is 2.62 bits per heavy atom. The molecule has 0 radical (unpaired) electrons. The van der Waals surface area contributed by atoms with Gasteiger partial charge in [-0.15, -0.1) is 0 Å². The third-order valence-electron chi connectivity index (χ3n) is 3.78. The first-order valence-electron chi connectivity index (χ1n) is 7.40. The van der Waals surface area contributed by atoms with Gasteiger partial charge in [-0.25, -0.2) is 4.79 Å².